The van der Waals surface area contributed by atoms with Crippen molar-refractivity contribution in [1.29, 1.82) is 0 Å². The van der Waals surface area contributed by atoms with Gasteiger partial charge in [0.2, 0.25) is 0 Å². The van der Waals surface area contributed by atoms with Crippen molar-refractivity contribution in [2.24, 2.45) is 0 Å². The molecule has 8 heteroatoms. The highest BCUT2D eigenvalue weighted by molar-refractivity contribution is 8.00. The van der Waals surface area contributed by atoms with Gasteiger partial charge in [-0.1, -0.05) is 0 Å². The van der Waals surface area contributed by atoms with Crippen LogP contribution in [0.1, 0.15) is 10.4 Å². The number of thiazole rings is 1. The molecular weight excluding hydrogens is 363 g/mol. The summed E-state index contributed by atoms with van der Waals surface area (Å²) in [7, 11) is 1.48. The van der Waals surface area contributed by atoms with E-state index in [1.54, 1.807) is 18.2 Å². The lowest BCUT2D eigenvalue weighted by molar-refractivity contribution is 0.0696. The number of carboxylic acids is 1. The van der Waals surface area contributed by atoms with Crippen LogP contribution in [0.25, 0.3) is 10.6 Å². The molecular formula is C17H13FN2O3S2. The van der Waals surface area contributed by atoms with Gasteiger partial charge in [-0.3, -0.25) is 0 Å². The van der Waals surface area contributed by atoms with E-state index in [2.05, 4.69) is 9.71 Å². The van der Waals surface area contributed by atoms with Crippen LogP contribution in [0.2, 0.25) is 0 Å². The zero-order valence-corrected chi connectivity index (χ0v) is 14.7. The Morgan fingerprint density at radius 1 is 1.28 bits per heavy atom. The standard InChI is InChI=1S/C17H13FN2O3S2/c1-23-14-8-11(17(21)22)4-7-13(14)20-25-15-9-24-16(19-15)10-2-5-12(18)6-3-10/h2-9,20H,1H3,(H,21,22). The number of aromatic nitrogens is 1. The number of anilines is 1. The lowest BCUT2D eigenvalue weighted by Gasteiger charge is -2.10. The SMILES string of the molecule is COc1cc(C(=O)O)ccc1NSc1csc(-c2ccc(F)cc2)n1. The van der Waals surface area contributed by atoms with E-state index in [0.717, 1.165) is 15.6 Å². The molecule has 3 rings (SSSR count). The van der Waals surface area contributed by atoms with Crippen LogP contribution in [0.4, 0.5) is 10.1 Å². The molecule has 0 spiro atoms. The van der Waals surface area contributed by atoms with Gasteiger partial charge in [-0.2, -0.15) is 0 Å². The van der Waals surface area contributed by atoms with E-state index in [4.69, 9.17) is 9.84 Å². The van der Waals surface area contributed by atoms with Gasteiger partial charge in [0, 0.05) is 22.9 Å². The van der Waals surface area contributed by atoms with Crippen molar-refractivity contribution in [1.82, 2.24) is 4.98 Å². The van der Waals surface area contributed by atoms with E-state index in [0.29, 0.717) is 11.4 Å². The predicted molar refractivity (Wildman–Crippen MR) is 96.9 cm³/mol. The molecule has 0 amide bonds. The number of nitrogens with one attached hydrogen (secondary N) is 1. The van der Waals surface area contributed by atoms with E-state index in [9.17, 15) is 9.18 Å². The average molecular weight is 376 g/mol. The minimum absolute atomic E-state index is 0.152. The summed E-state index contributed by atoms with van der Waals surface area (Å²) in [5, 5.41) is 12.4. The molecule has 0 bridgehead atoms. The van der Waals surface area contributed by atoms with E-state index in [1.807, 2.05) is 5.38 Å². The van der Waals surface area contributed by atoms with Gasteiger partial charge in [0.05, 0.1) is 18.4 Å². The minimum Gasteiger partial charge on any atom is -0.495 e. The number of benzene rings is 2. The largest absolute Gasteiger partial charge is 0.495 e. The fourth-order valence-corrected chi connectivity index (χ4v) is 3.65. The maximum atomic E-state index is 13.0. The van der Waals surface area contributed by atoms with Gasteiger partial charge >= 0.3 is 5.97 Å². The quantitative estimate of drug-likeness (QED) is 0.604. The molecule has 1 heterocycles. The van der Waals surface area contributed by atoms with Crippen LogP contribution in [-0.2, 0) is 0 Å². The summed E-state index contributed by atoms with van der Waals surface area (Å²) in [6.45, 7) is 0. The van der Waals surface area contributed by atoms with Crippen molar-refractivity contribution in [3.8, 4) is 16.3 Å². The van der Waals surface area contributed by atoms with Crippen LogP contribution in [0.15, 0.2) is 52.9 Å². The third-order valence-corrected chi connectivity index (χ3v) is 5.07. The minimum atomic E-state index is -1.01. The van der Waals surface area contributed by atoms with Crippen molar-refractivity contribution in [3.63, 3.8) is 0 Å². The molecule has 5 nitrogen and oxygen atoms in total. The second kappa shape index (κ2) is 7.54. The lowest BCUT2D eigenvalue weighted by atomic mass is 10.2. The van der Waals surface area contributed by atoms with Gasteiger partial charge in [-0.15, -0.1) is 11.3 Å². The molecule has 0 atom stereocenters. The number of nitrogens with zero attached hydrogens (tertiary/aromatic N) is 1. The Hall–Kier alpha value is -2.58. The van der Waals surface area contributed by atoms with Crippen molar-refractivity contribution >= 4 is 34.9 Å². The maximum absolute atomic E-state index is 13.0. The molecule has 0 saturated heterocycles. The molecule has 1 aromatic heterocycles. The fraction of sp³-hybridized carbons (Fsp3) is 0.0588. The van der Waals surface area contributed by atoms with Crippen molar-refractivity contribution in [3.05, 3.63) is 59.2 Å². The number of ether oxygens (including phenoxy) is 1. The Morgan fingerprint density at radius 3 is 2.72 bits per heavy atom. The molecule has 0 fully saturated rings. The number of aromatic carboxylic acids is 1. The number of hydrogen-bond acceptors (Lipinski definition) is 6. The number of carboxylic acid groups (broad SMARTS) is 1. The highest BCUT2D eigenvalue weighted by atomic mass is 32.2. The van der Waals surface area contributed by atoms with Gasteiger partial charge in [0.15, 0.2) is 0 Å². The lowest BCUT2D eigenvalue weighted by Crippen LogP contribution is -1.99. The molecule has 2 N–H and O–H groups in total. The third-order valence-electron chi connectivity index (χ3n) is 3.29. The number of methoxy groups -OCH3 is 1. The first-order valence-electron chi connectivity index (χ1n) is 7.12. The summed E-state index contributed by atoms with van der Waals surface area (Å²) < 4.78 is 21.3. The van der Waals surface area contributed by atoms with Crippen LogP contribution in [0.5, 0.6) is 5.75 Å². The summed E-state index contributed by atoms with van der Waals surface area (Å²) in [5.41, 5.74) is 1.65. The maximum Gasteiger partial charge on any atom is 0.335 e. The highest BCUT2D eigenvalue weighted by Crippen LogP contribution is 2.32. The van der Waals surface area contributed by atoms with E-state index in [-0.39, 0.29) is 11.4 Å². The average Bonchev–Trinajstić information content (AvgIpc) is 3.09. The zero-order chi connectivity index (χ0) is 17.8. The summed E-state index contributed by atoms with van der Waals surface area (Å²) in [4.78, 5) is 15.5. The molecule has 0 saturated carbocycles. The first-order valence-corrected chi connectivity index (χ1v) is 8.82. The molecule has 0 aliphatic rings. The van der Waals surface area contributed by atoms with Gasteiger partial charge in [0.25, 0.3) is 0 Å². The molecule has 25 heavy (non-hydrogen) atoms. The molecule has 0 aliphatic carbocycles. The molecule has 0 radical (unpaired) electrons. The van der Waals surface area contributed by atoms with Crippen LogP contribution in [-0.4, -0.2) is 23.2 Å². The zero-order valence-electron chi connectivity index (χ0n) is 13.0. The summed E-state index contributed by atoms with van der Waals surface area (Å²) in [5.74, 6) is -0.865. The van der Waals surface area contributed by atoms with Gasteiger partial charge < -0.3 is 14.6 Å². The van der Waals surface area contributed by atoms with Crippen molar-refractivity contribution in [2.75, 3.05) is 11.8 Å². The second-order valence-electron chi connectivity index (χ2n) is 4.92. The second-order valence-corrected chi connectivity index (χ2v) is 6.61. The first-order chi connectivity index (χ1) is 12.1. The Labute approximate surface area is 151 Å². The molecule has 2 aromatic carbocycles. The van der Waals surface area contributed by atoms with Gasteiger partial charge in [0.1, 0.15) is 21.6 Å². The monoisotopic (exact) mass is 376 g/mol. The Balaban J connectivity index is 1.72. The highest BCUT2D eigenvalue weighted by Gasteiger charge is 2.11. The molecule has 3 aromatic rings. The summed E-state index contributed by atoms with van der Waals surface area (Å²) >= 11 is 2.74. The van der Waals surface area contributed by atoms with Crippen LogP contribution in [0, 0.1) is 5.82 Å². The number of rotatable bonds is 6. The number of hydrogen-bond donors (Lipinski definition) is 2. The van der Waals surface area contributed by atoms with E-state index in [1.165, 1.54) is 54.7 Å². The van der Waals surface area contributed by atoms with Gasteiger partial charge in [-0.05, 0) is 42.5 Å². The van der Waals surface area contributed by atoms with Gasteiger partial charge in [-0.25, -0.2) is 14.2 Å². The Morgan fingerprint density at radius 2 is 2.04 bits per heavy atom. The molecule has 0 unspecified atom stereocenters. The molecule has 0 aliphatic heterocycles. The topological polar surface area (TPSA) is 71.5 Å². The van der Waals surface area contributed by atoms with Crippen LogP contribution < -0.4 is 9.46 Å². The van der Waals surface area contributed by atoms with Crippen LogP contribution >= 0.6 is 23.3 Å². The number of halogens is 1. The van der Waals surface area contributed by atoms with E-state index < -0.39 is 5.97 Å². The Kier molecular flexibility index (Phi) is 5.20. The smallest absolute Gasteiger partial charge is 0.335 e. The van der Waals surface area contributed by atoms with Crippen molar-refractivity contribution in [2.45, 2.75) is 5.03 Å². The van der Waals surface area contributed by atoms with E-state index >= 15 is 0 Å². The third kappa shape index (κ3) is 4.09. The first kappa shape index (κ1) is 17.2. The predicted octanol–water partition coefficient (Wildman–Crippen LogP) is 4.78. The molecule has 128 valence electrons. The fourth-order valence-electron chi connectivity index (χ4n) is 2.05. The Bertz CT molecular complexity index is 897. The summed E-state index contributed by atoms with van der Waals surface area (Å²) in [6.07, 6.45) is 0. The van der Waals surface area contributed by atoms with Crippen LogP contribution in [0.3, 0.4) is 0 Å². The summed E-state index contributed by atoms with van der Waals surface area (Å²) in [6, 6.07) is 10.8. The number of carbonyl (C=O) groups is 1. The van der Waals surface area contributed by atoms with Crippen molar-refractivity contribution < 1.29 is 19.0 Å². The normalized spacial score (nSPS) is 10.5.